The molecule has 3 aliphatic heterocycles. The summed E-state index contributed by atoms with van der Waals surface area (Å²) in [5.74, 6) is -0.174. The quantitative estimate of drug-likeness (QED) is 0.363. The van der Waals surface area contributed by atoms with E-state index in [1.165, 1.54) is 11.3 Å². The minimum Gasteiger partial charge on any atom is -1.00 e. The normalized spacial score (nSPS) is 28.0. The number of carbonyl (C=O) groups excluding carboxylic acids is 2. The van der Waals surface area contributed by atoms with E-state index in [4.69, 9.17) is 4.74 Å². The topological polar surface area (TPSA) is 101 Å². The lowest BCUT2D eigenvalue weighted by Gasteiger charge is -2.51. The van der Waals surface area contributed by atoms with Crippen LogP contribution in [0, 0.1) is 11.8 Å². The molecule has 4 fully saturated rings. The van der Waals surface area contributed by atoms with Gasteiger partial charge in [-0.3, -0.25) is 10.1 Å². The zero-order valence-corrected chi connectivity index (χ0v) is 21.5. The number of aliphatic hydroxyl groups is 1. The van der Waals surface area contributed by atoms with Crippen LogP contribution in [0.5, 0.6) is 0 Å². The van der Waals surface area contributed by atoms with Crippen molar-refractivity contribution in [2.75, 3.05) is 31.5 Å². The Morgan fingerprint density at radius 2 is 1.85 bits per heavy atom. The summed E-state index contributed by atoms with van der Waals surface area (Å²) in [6.07, 6.45) is 8.44. The molecule has 0 radical (unpaired) electrons. The number of hydrogen-bond donors (Lipinski definition) is 2. The van der Waals surface area contributed by atoms with Gasteiger partial charge in [-0.05, 0) is 30.4 Å². The second-order valence-corrected chi connectivity index (χ2v) is 10.7. The van der Waals surface area contributed by atoms with Gasteiger partial charge in [-0.1, -0.05) is 18.9 Å². The number of hydrogen-bond acceptors (Lipinski definition) is 7. The molecule has 1 amide bonds. The molecule has 0 spiro atoms. The molecule has 2 aromatic heterocycles. The lowest BCUT2D eigenvalue weighted by atomic mass is 9.82. The maximum atomic E-state index is 13.5. The molecule has 3 saturated heterocycles. The van der Waals surface area contributed by atoms with Crippen LogP contribution in [0.15, 0.2) is 36.0 Å². The van der Waals surface area contributed by atoms with Crippen molar-refractivity contribution in [3.8, 4) is 0 Å². The van der Waals surface area contributed by atoms with Crippen molar-refractivity contribution in [3.63, 3.8) is 0 Å². The van der Waals surface area contributed by atoms with Crippen LogP contribution in [0.25, 0.3) is 0 Å². The van der Waals surface area contributed by atoms with E-state index in [2.05, 4.69) is 15.3 Å². The van der Waals surface area contributed by atoms with Crippen molar-refractivity contribution in [2.45, 2.75) is 50.2 Å². The Morgan fingerprint density at radius 3 is 2.50 bits per heavy atom. The maximum Gasteiger partial charge on any atom is 0.344 e. The zero-order valence-electron chi connectivity index (χ0n) is 19.1. The van der Waals surface area contributed by atoms with Gasteiger partial charge in [0.15, 0.2) is 18.2 Å². The van der Waals surface area contributed by atoms with E-state index in [1.54, 1.807) is 18.5 Å². The molecule has 10 heteroatoms. The number of halogens is 1. The number of esters is 1. The first-order chi connectivity index (χ1) is 16.0. The summed E-state index contributed by atoms with van der Waals surface area (Å²) in [5, 5.41) is 16.3. The predicted molar refractivity (Wildman–Crippen MR) is 123 cm³/mol. The number of quaternary nitrogens is 1. The predicted octanol–water partition coefficient (Wildman–Crippen LogP) is -0.289. The smallest absolute Gasteiger partial charge is 0.344 e. The molecule has 2 aromatic rings. The van der Waals surface area contributed by atoms with Gasteiger partial charge in [0.05, 0.1) is 13.1 Å². The van der Waals surface area contributed by atoms with E-state index < -0.39 is 11.6 Å². The number of amides is 1. The molecular weight excluding hydrogens is 520 g/mol. The van der Waals surface area contributed by atoms with Crippen LogP contribution >= 0.6 is 11.3 Å². The Kier molecular flexibility index (Phi) is 7.71. The summed E-state index contributed by atoms with van der Waals surface area (Å²) in [4.78, 5) is 35.0. The molecular formula is C24H31BrN4O4S. The zero-order chi connectivity index (χ0) is 22.9. The Labute approximate surface area is 214 Å². The number of carbonyl (C=O) groups is 2. The summed E-state index contributed by atoms with van der Waals surface area (Å²) in [6.45, 7) is 2.68. The maximum absolute atomic E-state index is 13.5. The minimum absolute atomic E-state index is 0. The van der Waals surface area contributed by atoms with Crippen LogP contribution in [-0.4, -0.2) is 63.7 Å². The van der Waals surface area contributed by atoms with Crippen molar-refractivity contribution in [2.24, 2.45) is 11.8 Å². The average molecular weight is 552 g/mol. The van der Waals surface area contributed by atoms with Gasteiger partial charge < -0.3 is 31.3 Å². The number of anilines is 1. The van der Waals surface area contributed by atoms with Crippen molar-refractivity contribution in [3.05, 3.63) is 40.8 Å². The van der Waals surface area contributed by atoms with Gasteiger partial charge in [-0.2, -0.15) is 0 Å². The first-order valence-electron chi connectivity index (χ1n) is 11.9. The number of thiophene rings is 1. The van der Waals surface area contributed by atoms with E-state index in [-0.39, 0.29) is 40.8 Å². The summed E-state index contributed by atoms with van der Waals surface area (Å²) < 4.78 is 6.69. The molecule has 1 unspecified atom stereocenters. The van der Waals surface area contributed by atoms with E-state index in [0.717, 1.165) is 51.6 Å². The van der Waals surface area contributed by atoms with Gasteiger partial charge in [-0.15, -0.1) is 11.3 Å². The third-order valence-electron chi connectivity index (χ3n) is 7.75. The number of piperidine rings is 3. The molecule has 2 bridgehead atoms. The van der Waals surface area contributed by atoms with Gasteiger partial charge in [0.2, 0.25) is 5.95 Å². The SMILES string of the molecule is O=C(C[N+]12CCC(CC1)C(OC(=O)[C@@](O)(c1cccs1)C1CCCC1)C2)Nc1ncccn1.[Br-]. The second kappa shape index (κ2) is 10.4. The number of nitrogens with zero attached hydrogens (tertiary/aromatic N) is 3. The molecule has 4 aliphatic rings. The molecule has 2 N–H and O–H groups in total. The number of rotatable bonds is 7. The number of fused-ring (bicyclic) bond motifs is 3. The Hall–Kier alpha value is -1.88. The highest BCUT2D eigenvalue weighted by atomic mass is 79.9. The first kappa shape index (κ1) is 25.2. The first-order valence-corrected chi connectivity index (χ1v) is 12.8. The molecule has 184 valence electrons. The molecule has 1 aliphatic carbocycles. The molecule has 8 nitrogen and oxygen atoms in total. The molecule has 6 rings (SSSR count). The minimum atomic E-state index is -1.58. The van der Waals surface area contributed by atoms with Crippen LogP contribution < -0.4 is 22.3 Å². The van der Waals surface area contributed by atoms with Crippen molar-refractivity contribution in [1.82, 2.24) is 9.97 Å². The second-order valence-electron chi connectivity index (χ2n) is 9.76. The van der Waals surface area contributed by atoms with Crippen molar-refractivity contribution < 1.29 is 40.9 Å². The van der Waals surface area contributed by atoms with E-state index in [1.807, 2.05) is 17.5 Å². The van der Waals surface area contributed by atoms with Crippen LogP contribution in [0.4, 0.5) is 5.95 Å². The van der Waals surface area contributed by atoms with Gasteiger partial charge in [0.25, 0.3) is 5.91 Å². The van der Waals surface area contributed by atoms with Gasteiger partial charge in [0, 0.05) is 41.9 Å². The Morgan fingerprint density at radius 1 is 1.15 bits per heavy atom. The molecule has 5 heterocycles. The van der Waals surface area contributed by atoms with Gasteiger partial charge >= 0.3 is 5.97 Å². The molecule has 34 heavy (non-hydrogen) atoms. The van der Waals surface area contributed by atoms with Crippen LogP contribution in [0.2, 0.25) is 0 Å². The monoisotopic (exact) mass is 550 g/mol. The van der Waals surface area contributed by atoms with Crippen LogP contribution in [-0.2, 0) is 19.9 Å². The fourth-order valence-electron chi connectivity index (χ4n) is 5.94. The highest BCUT2D eigenvalue weighted by Crippen LogP contribution is 2.44. The van der Waals surface area contributed by atoms with Crippen molar-refractivity contribution in [1.29, 1.82) is 0 Å². The summed E-state index contributed by atoms with van der Waals surface area (Å²) >= 11 is 1.41. The highest BCUT2D eigenvalue weighted by Gasteiger charge is 2.53. The number of aromatic nitrogens is 2. The highest BCUT2D eigenvalue weighted by molar-refractivity contribution is 7.10. The summed E-state index contributed by atoms with van der Waals surface area (Å²) in [5.41, 5.74) is -1.58. The largest absolute Gasteiger partial charge is 1.00 e. The third-order valence-corrected chi connectivity index (χ3v) is 8.74. The van der Waals surface area contributed by atoms with Crippen molar-refractivity contribution >= 4 is 29.2 Å². The van der Waals surface area contributed by atoms with E-state index >= 15 is 0 Å². The van der Waals surface area contributed by atoms with Gasteiger partial charge in [-0.25, -0.2) is 14.8 Å². The average Bonchev–Trinajstić information content (AvgIpc) is 3.54. The fraction of sp³-hybridized carbons (Fsp3) is 0.583. The van der Waals surface area contributed by atoms with Crippen LogP contribution in [0.1, 0.15) is 43.4 Å². The standard InChI is InChI=1S/C24H30N4O4S.BrH/c29-21(27-23-25-10-4-11-26-23)16-28-12-8-17(9-13-28)19(15-28)32-22(30)24(31,18-5-1-2-6-18)20-7-3-14-33-20;/h3-4,7,10-11,14,17-19,31H,1-2,5-6,8-9,12-13,15-16H2;1H/t17?,19?,24-,28?;/m0./s1. The lowest BCUT2D eigenvalue weighted by Crippen LogP contribution is -3.00. The Balaban J connectivity index is 0.00000274. The van der Waals surface area contributed by atoms with Crippen LogP contribution in [0.3, 0.4) is 0 Å². The van der Waals surface area contributed by atoms with Gasteiger partial charge in [0.1, 0.15) is 6.54 Å². The lowest BCUT2D eigenvalue weighted by molar-refractivity contribution is -0.939. The van der Waals surface area contributed by atoms with E-state index in [9.17, 15) is 14.7 Å². The Bertz CT molecular complexity index is 978. The third kappa shape index (κ3) is 4.91. The van der Waals surface area contributed by atoms with E-state index in [0.29, 0.717) is 28.4 Å². The fourth-order valence-corrected chi connectivity index (χ4v) is 6.83. The molecule has 0 aromatic carbocycles. The molecule has 1 saturated carbocycles. The molecule has 2 atom stereocenters. The summed E-state index contributed by atoms with van der Waals surface area (Å²) in [7, 11) is 0. The number of ether oxygens (including phenoxy) is 1. The summed E-state index contributed by atoms with van der Waals surface area (Å²) in [6, 6.07) is 5.41. The number of nitrogens with one attached hydrogen (secondary N) is 1.